The highest BCUT2D eigenvalue weighted by molar-refractivity contribution is 6.33. The van der Waals surface area contributed by atoms with Crippen LogP contribution >= 0.6 is 11.6 Å². The highest BCUT2D eigenvalue weighted by atomic mass is 35.5. The van der Waals surface area contributed by atoms with E-state index in [1.54, 1.807) is 0 Å². The lowest BCUT2D eigenvalue weighted by atomic mass is 9.86. The third kappa shape index (κ3) is 5.62. The SMILES string of the molecule is C.CC.O=C(O)C1CC=C(c2ccc(-c3nc4cc(O[C@H]5CCOC5)[nH]c4cc3Cl)cc2)CC1. The molecule has 0 radical (unpaired) electrons. The van der Waals surface area contributed by atoms with Gasteiger partial charge in [-0.1, -0.05) is 63.2 Å². The molecule has 0 bridgehead atoms. The smallest absolute Gasteiger partial charge is 0.306 e. The Hall–Kier alpha value is -2.83. The molecule has 5 rings (SSSR count). The van der Waals surface area contributed by atoms with Crippen LogP contribution in [0.2, 0.25) is 5.02 Å². The normalized spacial score (nSPS) is 19.6. The minimum atomic E-state index is -0.711. The number of fused-ring (bicyclic) bond motifs is 1. The Balaban J connectivity index is 0.00000105. The van der Waals surface area contributed by atoms with Crippen molar-refractivity contribution in [2.75, 3.05) is 13.2 Å². The average molecular weight is 485 g/mol. The highest BCUT2D eigenvalue weighted by Gasteiger charge is 2.22. The Morgan fingerprint density at radius 1 is 1.18 bits per heavy atom. The first-order valence-electron chi connectivity index (χ1n) is 11.5. The zero-order chi connectivity index (χ0) is 23.4. The van der Waals surface area contributed by atoms with Crippen LogP contribution in [0.3, 0.4) is 0 Å². The second-order valence-corrected chi connectivity index (χ2v) is 8.51. The molecular formula is C27H33ClN2O4. The van der Waals surface area contributed by atoms with E-state index in [1.807, 2.05) is 44.2 Å². The number of pyridine rings is 1. The van der Waals surface area contributed by atoms with E-state index in [4.69, 9.17) is 31.2 Å². The maximum Gasteiger partial charge on any atom is 0.306 e. The Kier molecular flexibility index (Phi) is 8.75. The number of aliphatic carboxylic acids is 1. The molecule has 0 saturated carbocycles. The number of H-pyrrole nitrogens is 1. The molecule has 7 heteroatoms. The second-order valence-electron chi connectivity index (χ2n) is 8.10. The van der Waals surface area contributed by atoms with E-state index in [1.165, 1.54) is 5.57 Å². The van der Waals surface area contributed by atoms with Crippen molar-refractivity contribution in [1.82, 2.24) is 9.97 Å². The van der Waals surface area contributed by atoms with Crippen molar-refractivity contribution in [3.8, 4) is 17.1 Å². The predicted octanol–water partition coefficient (Wildman–Crippen LogP) is 6.98. The van der Waals surface area contributed by atoms with Crippen LogP contribution in [0.25, 0.3) is 27.9 Å². The van der Waals surface area contributed by atoms with Crippen molar-refractivity contribution < 1.29 is 19.4 Å². The number of aromatic nitrogens is 2. The van der Waals surface area contributed by atoms with Gasteiger partial charge in [-0.05, 0) is 36.5 Å². The fourth-order valence-electron chi connectivity index (χ4n) is 4.22. The zero-order valence-electron chi connectivity index (χ0n) is 18.9. The van der Waals surface area contributed by atoms with Gasteiger partial charge >= 0.3 is 5.97 Å². The summed E-state index contributed by atoms with van der Waals surface area (Å²) in [5, 5.41) is 9.74. The third-order valence-electron chi connectivity index (χ3n) is 6.00. The predicted molar refractivity (Wildman–Crippen MR) is 137 cm³/mol. The maximum atomic E-state index is 11.1. The number of carboxylic acids is 1. The summed E-state index contributed by atoms with van der Waals surface area (Å²) >= 11 is 6.54. The van der Waals surface area contributed by atoms with Gasteiger partial charge in [-0.25, -0.2) is 4.98 Å². The van der Waals surface area contributed by atoms with E-state index in [0.29, 0.717) is 30.4 Å². The molecule has 3 aromatic rings. The van der Waals surface area contributed by atoms with Crippen molar-refractivity contribution in [3.05, 3.63) is 53.1 Å². The van der Waals surface area contributed by atoms with Crippen LogP contribution in [0.4, 0.5) is 0 Å². The summed E-state index contributed by atoms with van der Waals surface area (Å²) in [6.45, 7) is 5.33. The fraction of sp³-hybridized carbons (Fsp3) is 0.407. The molecule has 182 valence electrons. The molecule has 1 aromatic carbocycles. The number of ether oxygens (including phenoxy) is 2. The van der Waals surface area contributed by atoms with Crippen LogP contribution < -0.4 is 4.74 Å². The van der Waals surface area contributed by atoms with Gasteiger partial charge in [0, 0.05) is 18.1 Å². The number of aromatic amines is 1. The molecular weight excluding hydrogens is 452 g/mol. The molecule has 2 N–H and O–H groups in total. The number of hydrogen-bond acceptors (Lipinski definition) is 4. The van der Waals surface area contributed by atoms with E-state index in [0.717, 1.165) is 47.3 Å². The van der Waals surface area contributed by atoms with Gasteiger partial charge in [0.1, 0.15) is 6.10 Å². The van der Waals surface area contributed by atoms with Gasteiger partial charge in [-0.2, -0.15) is 0 Å². The van der Waals surface area contributed by atoms with E-state index >= 15 is 0 Å². The number of carbonyl (C=O) groups is 1. The molecule has 0 spiro atoms. The van der Waals surface area contributed by atoms with Crippen LogP contribution in [0, 0.1) is 5.92 Å². The van der Waals surface area contributed by atoms with Gasteiger partial charge < -0.3 is 19.6 Å². The molecule has 34 heavy (non-hydrogen) atoms. The van der Waals surface area contributed by atoms with Crippen LogP contribution in [0.5, 0.6) is 5.88 Å². The van der Waals surface area contributed by atoms with Crippen molar-refractivity contribution in [3.63, 3.8) is 0 Å². The first-order chi connectivity index (χ1) is 16.1. The number of hydrogen-bond donors (Lipinski definition) is 2. The van der Waals surface area contributed by atoms with Gasteiger partial charge in [0.05, 0.1) is 40.9 Å². The van der Waals surface area contributed by atoms with E-state index in [9.17, 15) is 4.79 Å². The lowest BCUT2D eigenvalue weighted by Crippen LogP contribution is -2.15. The number of benzene rings is 1. The molecule has 2 atom stereocenters. The van der Waals surface area contributed by atoms with E-state index in [2.05, 4.69) is 17.1 Å². The molecule has 2 aromatic heterocycles. The molecule has 1 fully saturated rings. The Bertz CT molecular complexity index is 1150. The molecule has 1 aliphatic heterocycles. The largest absolute Gasteiger partial charge is 0.481 e. The highest BCUT2D eigenvalue weighted by Crippen LogP contribution is 2.34. The summed E-state index contributed by atoms with van der Waals surface area (Å²) in [4.78, 5) is 19.1. The zero-order valence-corrected chi connectivity index (χ0v) is 19.7. The third-order valence-corrected chi connectivity index (χ3v) is 6.29. The summed E-state index contributed by atoms with van der Waals surface area (Å²) < 4.78 is 11.3. The monoisotopic (exact) mass is 484 g/mol. The second kappa shape index (κ2) is 11.5. The Labute approximate surface area is 206 Å². The number of nitrogens with one attached hydrogen (secondary N) is 1. The van der Waals surface area contributed by atoms with Crippen molar-refractivity contribution >= 4 is 34.2 Å². The quantitative estimate of drug-likeness (QED) is 0.408. The van der Waals surface area contributed by atoms with Crippen LogP contribution in [0.1, 0.15) is 52.5 Å². The summed E-state index contributed by atoms with van der Waals surface area (Å²) in [5.74, 6) is -0.309. The van der Waals surface area contributed by atoms with Crippen LogP contribution in [-0.4, -0.2) is 40.4 Å². The van der Waals surface area contributed by atoms with Crippen LogP contribution in [0.15, 0.2) is 42.5 Å². The van der Waals surface area contributed by atoms with Gasteiger partial charge in [0.25, 0.3) is 0 Å². The molecule has 1 aliphatic carbocycles. The lowest BCUT2D eigenvalue weighted by Gasteiger charge is -2.19. The number of halogens is 1. The molecule has 1 unspecified atom stereocenters. The summed E-state index contributed by atoms with van der Waals surface area (Å²) in [6.07, 6.45) is 5.04. The number of nitrogens with zero attached hydrogens (tertiary/aromatic N) is 1. The van der Waals surface area contributed by atoms with Crippen LogP contribution in [-0.2, 0) is 9.53 Å². The van der Waals surface area contributed by atoms with E-state index < -0.39 is 5.97 Å². The van der Waals surface area contributed by atoms with Gasteiger partial charge in [0.2, 0.25) is 0 Å². The van der Waals surface area contributed by atoms with Gasteiger partial charge in [-0.3, -0.25) is 4.79 Å². The first kappa shape index (κ1) is 25.8. The fourth-order valence-corrected chi connectivity index (χ4v) is 4.48. The van der Waals surface area contributed by atoms with Crippen molar-refractivity contribution in [1.29, 1.82) is 0 Å². The molecule has 1 saturated heterocycles. The van der Waals surface area contributed by atoms with Crippen molar-refractivity contribution in [2.24, 2.45) is 5.92 Å². The lowest BCUT2D eigenvalue weighted by molar-refractivity contribution is -0.141. The summed E-state index contributed by atoms with van der Waals surface area (Å²) in [7, 11) is 0. The standard InChI is InChI=1S/C24H23ClN2O4.C2H6.CH4/c25-19-11-20-21(12-22(26-20)31-18-9-10-30-13-18)27-23(19)16-5-1-14(2-6-16)15-3-7-17(8-4-15)24(28)29;1-2;/h1-3,5-6,11-12,17-18,26H,4,7-10,13H2,(H,28,29);1-2H3;1H4/t17?,18-;;/m0../s1. The minimum absolute atomic E-state index is 0. The topological polar surface area (TPSA) is 84.4 Å². The number of allylic oxidation sites excluding steroid dienone is 2. The Morgan fingerprint density at radius 2 is 1.91 bits per heavy atom. The number of rotatable bonds is 5. The molecule has 2 aliphatic rings. The van der Waals surface area contributed by atoms with Crippen molar-refractivity contribution in [2.45, 2.75) is 53.1 Å². The van der Waals surface area contributed by atoms with Gasteiger partial charge in [-0.15, -0.1) is 0 Å². The van der Waals surface area contributed by atoms with E-state index in [-0.39, 0.29) is 19.4 Å². The number of carboxylic acid groups (broad SMARTS) is 1. The maximum absolute atomic E-state index is 11.1. The Morgan fingerprint density at radius 3 is 2.53 bits per heavy atom. The first-order valence-corrected chi connectivity index (χ1v) is 11.9. The molecule has 0 amide bonds. The molecule has 3 heterocycles. The summed E-state index contributed by atoms with van der Waals surface area (Å²) in [6, 6.07) is 11.9. The van der Waals surface area contributed by atoms with Gasteiger partial charge in [0.15, 0.2) is 5.88 Å². The minimum Gasteiger partial charge on any atom is -0.481 e. The molecule has 6 nitrogen and oxygen atoms in total. The average Bonchev–Trinajstić information content (AvgIpc) is 3.49. The summed E-state index contributed by atoms with van der Waals surface area (Å²) in [5.41, 5.74) is 5.59.